The molecule has 2 aliphatic rings. The van der Waals surface area contributed by atoms with Crippen molar-refractivity contribution in [1.29, 1.82) is 0 Å². The SMILES string of the molecule is CC(C)(C)[C@@H](NC(=O)c1cc(=O)[nH]c(C2CC2)n1)c1ccc(C2CC2)cc1. The van der Waals surface area contributed by atoms with Gasteiger partial charge in [0.25, 0.3) is 11.5 Å². The number of carbonyl (C=O) groups is 1. The van der Waals surface area contributed by atoms with Crippen molar-refractivity contribution in [3.63, 3.8) is 0 Å². The lowest BCUT2D eigenvalue weighted by Gasteiger charge is -2.32. The molecule has 2 saturated carbocycles. The molecule has 142 valence electrons. The van der Waals surface area contributed by atoms with Gasteiger partial charge in [-0.05, 0) is 48.1 Å². The summed E-state index contributed by atoms with van der Waals surface area (Å²) in [7, 11) is 0. The summed E-state index contributed by atoms with van der Waals surface area (Å²) in [4.78, 5) is 32.0. The third-order valence-electron chi connectivity index (χ3n) is 5.42. The van der Waals surface area contributed by atoms with Crippen molar-refractivity contribution in [2.24, 2.45) is 5.41 Å². The van der Waals surface area contributed by atoms with E-state index in [1.807, 2.05) is 0 Å². The lowest BCUT2D eigenvalue weighted by Crippen LogP contribution is -2.37. The first kappa shape index (κ1) is 18.0. The second kappa shape index (κ2) is 6.63. The zero-order chi connectivity index (χ0) is 19.2. The van der Waals surface area contributed by atoms with Crippen molar-refractivity contribution in [2.45, 2.75) is 64.3 Å². The van der Waals surface area contributed by atoms with Gasteiger partial charge in [-0.25, -0.2) is 4.98 Å². The lowest BCUT2D eigenvalue weighted by molar-refractivity contribution is 0.0896. The summed E-state index contributed by atoms with van der Waals surface area (Å²) in [5.74, 6) is 1.34. The maximum atomic E-state index is 12.9. The van der Waals surface area contributed by atoms with Crippen molar-refractivity contribution in [1.82, 2.24) is 15.3 Å². The Balaban J connectivity index is 1.58. The van der Waals surface area contributed by atoms with Crippen molar-refractivity contribution in [3.05, 3.63) is 63.3 Å². The summed E-state index contributed by atoms with van der Waals surface area (Å²) in [6.45, 7) is 6.31. The highest BCUT2D eigenvalue weighted by molar-refractivity contribution is 5.92. The zero-order valence-corrected chi connectivity index (χ0v) is 16.2. The second-order valence-corrected chi connectivity index (χ2v) is 9.00. The minimum atomic E-state index is -0.297. The van der Waals surface area contributed by atoms with Crippen LogP contribution in [0.3, 0.4) is 0 Å². The molecule has 1 aromatic carbocycles. The van der Waals surface area contributed by atoms with Gasteiger partial charge in [0.15, 0.2) is 0 Å². The quantitative estimate of drug-likeness (QED) is 0.840. The first-order valence-electron chi connectivity index (χ1n) is 9.83. The van der Waals surface area contributed by atoms with Crippen LogP contribution in [-0.2, 0) is 0 Å². The number of carbonyl (C=O) groups excluding carboxylic acids is 1. The van der Waals surface area contributed by atoms with Crippen LogP contribution >= 0.6 is 0 Å². The molecule has 0 radical (unpaired) electrons. The summed E-state index contributed by atoms with van der Waals surface area (Å²) in [5.41, 5.74) is 2.22. The van der Waals surface area contributed by atoms with Crippen LogP contribution in [0.25, 0.3) is 0 Å². The van der Waals surface area contributed by atoms with Gasteiger partial charge in [-0.15, -0.1) is 0 Å². The molecule has 1 amide bonds. The molecule has 27 heavy (non-hydrogen) atoms. The van der Waals surface area contributed by atoms with Gasteiger partial charge < -0.3 is 10.3 Å². The predicted molar refractivity (Wildman–Crippen MR) is 105 cm³/mol. The molecule has 2 aliphatic carbocycles. The molecule has 1 atom stereocenters. The smallest absolute Gasteiger partial charge is 0.270 e. The fraction of sp³-hybridized carbons (Fsp3) is 0.500. The highest BCUT2D eigenvalue weighted by Crippen LogP contribution is 2.41. The number of nitrogens with zero attached hydrogens (tertiary/aromatic N) is 1. The second-order valence-electron chi connectivity index (χ2n) is 9.00. The maximum Gasteiger partial charge on any atom is 0.270 e. The van der Waals surface area contributed by atoms with Gasteiger partial charge >= 0.3 is 0 Å². The molecule has 0 saturated heterocycles. The third-order valence-corrected chi connectivity index (χ3v) is 5.42. The van der Waals surface area contributed by atoms with E-state index in [2.05, 4.69) is 60.3 Å². The van der Waals surface area contributed by atoms with Crippen LogP contribution in [0.2, 0.25) is 0 Å². The largest absolute Gasteiger partial charge is 0.343 e. The monoisotopic (exact) mass is 365 g/mol. The van der Waals surface area contributed by atoms with E-state index < -0.39 is 0 Å². The van der Waals surface area contributed by atoms with E-state index in [9.17, 15) is 9.59 Å². The number of nitrogens with one attached hydrogen (secondary N) is 2. The Morgan fingerprint density at radius 3 is 2.30 bits per heavy atom. The number of rotatable bonds is 5. The van der Waals surface area contributed by atoms with Crippen molar-refractivity contribution >= 4 is 5.91 Å². The molecular formula is C22H27N3O2. The summed E-state index contributed by atoms with van der Waals surface area (Å²) in [6, 6.07) is 9.71. The maximum absolute atomic E-state index is 12.9. The third kappa shape index (κ3) is 4.12. The minimum absolute atomic E-state index is 0.163. The average molecular weight is 365 g/mol. The van der Waals surface area contributed by atoms with E-state index in [0.717, 1.165) is 18.4 Å². The van der Waals surface area contributed by atoms with Gasteiger partial charge in [-0.3, -0.25) is 9.59 Å². The molecule has 2 aromatic rings. The molecule has 0 unspecified atom stereocenters. The van der Waals surface area contributed by atoms with Gasteiger partial charge in [0.1, 0.15) is 11.5 Å². The highest BCUT2D eigenvalue weighted by atomic mass is 16.2. The fourth-order valence-electron chi connectivity index (χ4n) is 3.53. The molecule has 4 rings (SSSR count). The van der Waals surface area contributed by atoms with Crippen LogP contribution < -0.4 is 10.9 Å². The summed E-state index contributed by atoms with van der Waals surface area (Å²) >= 11 is 0. The topological polar surface area (TPSA) is 74.8 Å². The molecule has 2 fully saturated rings. The van der Waals surface area contributed by atoms with Crippen LogP contribution in [0.5, 0.6) is 0 Å². The molecule has 0 spiro atoms. The Hall–Kier alpha value is -2.43. The van der Waals surface area contributed by atoms with E-state index in [0.29, 0.717) is 17.7 Å². The van der Waals surface area contributed by atoms with E-state index in [1.54, 1.807) is 0 Å². The number of benzene rings is 1. The van der Waals surface area contributed by atoms with E-state index in [4.69, 9.17) is 0 Å². The first-order valence-corrected chi connectivity index (χ1v) is 9.83. The van der Waals surface area contributed by atoms with Crippen molar-refractivity contribution < 1.29 is 4.79 Å². The molecule has 0 bridgehead atoms. The molecule has 0 aliphatic heterocycles. The van der Waals surface area contributed by atoms with Crippen LogP contribution in [0.4, 0.5) is 0 Å². The number of aromatic amines is 1. The van der Waals surface area contributed by atoms with E-state index in [-0.39, 0.29) is 28.6 Å². The number of H-pyrrole nitrogens is 1. The number of hydrogen-bond acceptors (Lipinski definition) is 3. The lowest BCUT2D eigenvalue weighted by atomic mass is 9.82. The van der Waals surface area contributed by atoms with Crippen LogP contribution in [-0.4, -0.2) is 15.9 Å². The van der Waals surface area contributed by atoms with Gasteiger partial charge in [0.2, 0.25) is 0 Å². The van der Waals surface area contributed by atoms with Crippen LogP contribution in [0.1, 0.15) is 91.8 Å². The number of amides is 1. The molecule has 1 aromatic heterocycles. The Morgan fingerprint density at radius 2 is 1.74 bits per heavy atom. The molecular weight excluding hydrogens is 338 g/mol. The fourth-order valence-corrected chi connectivity index (χ4v) is 3.53. The number of hydrogen-bond donors (Lipinski definition) is 2. The summed E-state index contributed by atoms with van der Waals surface area (Å²) < 4.78 is 0. The minimum Gasteiger partial charge on any atom is -0.343 e. The average Bonchev–Trinajstić information content (AvgIpc) is 3.50. The summed E-state index contributed by atoms with van der Waals surface area (Å²) in [5, 5.41) is 3.11. The zero-order valence-electron chi connectivity index (χ0n) is 16.2. The Bertz CT molecular complexity index is 900. The number of aromatic nitrogens is 2. The Labute approximate surface area is 159 Å². The Kier molecular flexibility index (Phi) is 4.41. The predicted octanol–water partition coefficient (Wildman–Crippen LogP) is 4.04. The van der Waals surface area contributed by atoms with Crippen LogP contribution in [0, 0.1) is 5.41 Å². The van der Waals surface area contributed by atoms with Gasteiger partial charge in [-0.2, -0.15) is 0 Å². The van der Waals surface area contributed by atoms with Crippen molar-refractivity contribution in [2.75, 3.05) is 0 Å². The van der Waals surface area contributed by atoms with E-state index >= 15 is 0 Å². The van der Waals surface area contributed by atoms with Gasteiger partial charge in [0.05, 0.1) is 6.04 Å². The van der Waals surface area contributed by atoms with E-state index in [1.165, 1.54) is 24.5 Å². The molecule has 2 N–H and O–H groups in total. The highest BCUT2D eigenvalue weighted by Gasteiger charge is 2.31. The normalized spacial score (nSPS) is 18.2. The van der Waals surface area contributed by atoms with Gasteiger partial charge in [0, 0.05) is 12.0 Å². The molecule has 1 heterocycles. The summed E-state index contributed by atoms with van der Waals surface area (Å²) in [6.07, 6.45) is 4.59. The molecule has 5 heteroatoms. The van der Waals surface area contributed by atoms with Crippen LogP contribution in [0.15, 0.2) is 35.1 Å². The molecule has 5 nitrogen and oxygen atoms in total. The standard InChI is InChI=1S/C22H27N3O2/c1-22(2,3)19(15-8-6-14(7-9-15)13-4-5-13)25-21(27)17-12-18(26)24-20(23-17)16-10-11-16/h6-9,12-13,16,19H,4-5,10-11H2,1-3H3,(H,25,27)(H,23,24,26)/t19-/m0/s1. The van der Waals surface area contributed by atoms with Crippen molar-refractivity contribution in [3.8, 4) is 0 Å². The van der Waals surface area contributed by atoms with Gasteiger partial charge in [-0.1, -0.05) is 45.0 Å². The first-order chi connectivity index (χ1) is 12.8. The Morgan fingerprint density at radius 1 is 1.11 bits per heavy atom.